The summed E-state index contributed by atoms with van der Waals surface area (Å²) < 4.78 is 0. The Morgan fingerprint density at radius 1 is 1.12 bits per heavy atom. The number of amides is 1. The number of benzene rings is 1. The van der Waals surface area contributed by atoms with Crippen molar-refractivity contribution in [1.29, 1.82) is 0 Å². The fourth-order valence-electron chi connectivity index (χ4n) is 2.51. The molecule has 0 unspecified atom stereocenters. The minimum absolute atomic E-state index is 0.147. The maximum atomic E-state index is 12.1. The lowest BCUT2D eigenvalue weighted by atomic mass is 10.1. The second kappa shape index (κ2) is 6.54. The third-order valence-electron chi connectivity index (χ3n) is 3.80. The zero-order chi connectivity index (χ0) is 17.1. The number of fused-ring (bicyclic) bond motifs is 1. The summed E-state index contributed by atoms with van der Waals surface area (Å²) in [4.78, 5) is 40.4. The summed E-state index contributed by atoms with van der Waals surface area (Å²) in [7, 11) is 0. The van der Waals surface area contributed by atoms with Gasteiger partial charge in [-0.2, -0.15) is 0 Å². The zero-order valence-electron chi connectivity index (χ0n) is 13.2. The van der Waals surface area contributed by atoms with Crippen LogP contribution >= 0.6 is 0 Å². The Labute approximate surface area is 137 Å². The molecule has 6 nitrogen and oxygen atoms in total. The first-order valence-electron chi connectivity index (χ1n) is 7.62. The molecule has 0 atom stereocenters. The molecule has 2 aromatic heterocycles. The summed E-state index contributed by atoms with van der Waals surface area (Å²) in [6.45, 7) is 2.30. The topological polar surface area (TPSA) is 94.8 Å². The normalized spacial score (nSPS) is 10.7. The van der Waals surface area contributed by atoms with Gasteiger partial charge in [-0.15, -0.1) is 0 Å². The molecule has 0 aliphatic rings. The minimum Gasteiger partial charge on any atom is -0.352 e. The van der Waals surface area contributed by atoms with Crippen molar-refractivity contribution in [2.45, 2.75) is 13.3 Å². The van der Waals surface area contributed by atoms with Crippen molar-refractivity contribution in [3.63, 3.8) is 0 Å². The molecule has 0 bridgehead atoms. The van der Waals surface area contributed by atoms with Crippen LogP contribution in [-0.4, -0.2) is 22.4 Å². The third-order valence-corrected chi connectivity index (χ3v) is 3.80. The number of H-pyrrole nitrogens is 2. The lowest BCUT2D eigenvalue weighted by molar-refractivity contribution is 0.0953. The molecule has 0 aliphatic carbocycles. The molecule has 122 valence electrons. The first-order chi connectivity index (χ1) is 11.5. The minimum atomic E-state index is -0.293. The molecule has 0 saturated carbocycles. The van der Waals surface area contributed by atoms with Crippen molar-refractivity contribution >= 4 is 16.8 Å². The van der Waals surface area contributed by atoms with Gasteiger partial charge in [0, 0.05) is 29.9 Å². The highest BCUT2D eigenvalue weighted by Gasteiger charge is 2.07. The third kappa shape index (κ3) is 3.43. The Kier molecular flexibility index (Phi) is 4.29. The smallest absolute Gasteiger partial charge is 0.252 e. The van der Waals surface area contributed by atoms with Gasteiger partial charge < -0.3 is 15.3 Å². The number of hydrogen-bond acceptors (Lipinski definition) is 3. The van der Waals surface area contributed by atoms with Crippen LogP contribution in [0.2, 0.25) is 0 Å². The predicted octanol–water partition coefficient (Wildman–Crippen LogP) is 1.50. The Morgan fingerprint density at radius 2 is 1.96 bits per heavy atom. The lowest BCUT2D eigenvalue weighted by Gasteiger charge is -2.06. The van der Waals surface area contributed by atoms with Crippen LogP contribution in [-0.2, 0) is 6.42 Å². The van der Waals surface area contributed by atoms with Crippen LogP contribution in [0.3, 0.4) is 0 Å². The Morgan fingerprint density at radius 3 is 2.71 bits per heavy atom. The average molecular weight is 323 g/mol. The molecule has 2 heterocycles. The van der Waals surface area contributed by atoms with E-state index in [-0.39, 0.29) is 17.0 Å². The number of pyridine rings is 2. The van der Waals surface area contributed by atoms with Gasteiger partial charge in [0.2, 0.25) is 5.56 Å². The highest BCUT2D eigenvalue weighted by molar-refractivity contribution is 5.93. The molecule has 1 aromatic carbocycles. The number of hydrogen-bond donors (Lipinski definition) is 3. The van der Waals surface area contributed by atoms with Gasteiger partial charge >= 0.3 is 0 Å². The van der Waals surface area contributed by atoms with Crippen molar-refractivity contribution in [3.05, 3.63) is 80.0 Å². The molecule has 24 heavy (non-hydrogen) atoms. The second-order valence-corrected chi connectivity index (χ2v) is 5.66. The second-order valence-electron chi connectivity index (χ2n) is 5.66. The zero-order valence-corrected chi connectivity index (χ0v) is 13.2. The summed E-state index contributed by atoms with van der Waals surface area (Å²) in [6, 6.07) is 10.5. The fraction of sp³-hybridized carbons (Fsp3) is 0.167. The van der Waals surface area contributed by atoms with Crippen molar-refractivity contribution < 1.29 is 4.79 Å². The van der Waals surface area contributed by atoms with Crippen molar-refractivity contribution in [3.8, 4) is 0 Å². The van der Waals surface area contributed by atoms with E-state index in [1.807, 2.05) is 31.2 Å². The van der Waals surface area contributed by atoms with E-state index in [9.17, 15) is 14.4 Å². The number of carbonyl (C=O) groups is 1. The standard InChI is InChI=1S/C18H17N3O3/c1-11-2-3-12-9-13(18(24)21-15(12)8-11)6-7-19-17(23)14-4-5-16(22)20-10-14/h2-5,8-10H,6-7H2,1H3,(H,19,23)(H,20,22)(H,21,24). The molecule has 0 spiro atoms. The number of carbonyl (C=O) groups excluding carboxylic acids is 1. The van der Waals surface area contributed by atoms with Gasteiger partial charge in [-0.05, 0) is 42.5 Å². The molecular formula is C18H17N3O3. The molecular weight excluding hydrogens is 306 g/mol. The van der Waals surface area contributed by atoms with E-state index in [0.717, 1.165) is 16.5 Å². The average Bonchev–Trinajstić information content (AvgIpc) is 2.56. The molecule has 1 amide bonds. The fourth-order valence-corrected chi connectivity index (χ4v) is 2.51. The van der Waals surface area contributed by atoms with Crippen LogP contribution in [0.4, 0.5) is 0 Å². The van der Waals surface area contributed by atoms with E-state index in [2.05, 4.69) is 15.3 Å². The predicted molar refractivity (Wildman–Crippen MR) is 92.4 cm³/mol. The summed E-state index contributed by atoms with van der Waals surface area (Å²) in [5, 5.41) is 3.70. The van der Waals surface area contributed by atoms with Crippen molar-refractivity contribution in [2.75, 3.05) is 6.54 Å². The van der Waals surface area contributed by atoms with Crippen LogP contribution in [0.1, 0.15) is 21.5 Å². The molecule has 3 N–H and O–H groups in total. The Hall–Kier alpha value is -3.15. The molecule has 0 saturated heterocycles. The maximum Gasteiger partial charge on any atom is 0.252 e. The van der Waals surface area contributed by atoms with Gasteiger partial charge in [0.05, 0.1) is 5.56 Å². The van der Waals surface area contributed by atoms with Crippen LogP contribution in [0.15, 0.2) is 52.2 Å². The summed E-state index contributed by atoms with van der Waals surface area (Å²) >= 11 is 0. The number of nitrogens with one attached hydrogen (secondary N) is 3. The monoisotopic (exact) mass is 323 g/mol. The highest BCUT2D eigenvalue weighted by atomic mass is 16.2. The van der Waals surface area contributed by atoms with E-state index >= 15 is 0 Å². The number of aromatic nitrogens is 2. The quantitative estimate of drug-likeness (QED) is 0.679. The van der Waals surface area contributed by atoms with Gasteiger partial charge in [0.1, 0.15) is 0 Å². The van der Waals surface area contributed by atoms with Gasteiger partial charge in [-0.3, -0.25) is 14.4 Å². The summed E-state index contributed by atoms with van der Waals surface area (Å²) in [5.41, 5.74) is 2.47. The van der Waals surface area contributed by atoms with Gasteiger partial charge in [0.15, 0.2) is 0 Å². The number of aromatic amines is 2. The molecule has 0 fully saturated rings. The summed E-state index contributed by atoms with van der Waals surface area (Å²) in [6.07, 6.45) is 1.79. The largest absolute Gasteiger partial charge is 0.352 e. The van der Waals surface area contributed by atoms with Gasteiger partial charge in [-0.25, -0.2) is 0 Å². The summed E-state index contributed by atoms with van der Waals surface area (Å²) in [5.74, 6) is -0.293. The molecule has 3 aromatic rings. The van der Waals surface area contributed by atoms with Crippen LogP contribution in [0.5, 0.6) is 0 Å². The van der Waals surface area contributed by atoms with Gasteiger partial charge in [0.25, 0.3) is 11.5 Å². The highest BCUT2D eigenvalue weighted by Crippen LogP contribution is 2.13. The first-order valence-corrected chi connectivity index (χ1v) is 7.62. The molecule has 0 radical (unpaired) electrons. The lowest BCUT2D eigenvalue weighted by Crippen LogP contribution is -2.28. The van der Waals surface area contributed by atoms with Crippen LogP contribution in [0.25, 0.3) is 10.9 Å². The first kappa shape index (κ1) is 15.7. The Bertz CT molecular complexity index is 997. The SMILES string of the molecule is Cc1ccc2cc(CCNC(=O)c3ccc(=O)[nH]c3)c(=O)[nH]c2c1. The van der Waals surface area contributed by atoms with E-state index in [0.29, 0.717) is 24.1 Å². The molecule has 0 aliphatic heterocycles. The van der Waals surface area contributed by atoms with E-state index < -0.39 is 0 Å². The van der Waals surface area contributed by atoms with Gasteiger partial charge in [-0.1, -0.05) is 12.1 Å². The number of rotatable bonds is 4. The van der Waals surface area contributed by atoms with E-state index in [1.165, 1.54) is 18.3 Å². The van der Waals surface area contributed by atoms with Crippen molar-refractivity contribution in [1.82, 2.24) is 15.3 Å². The van der Waals surface area contributed by atoms with E-state index in [1.54, 1.807) is 0 Å². The molecule has 6 heteroatoms. The number of aryl methyl sites for hydroxylation is 1. The van der Waals surface area contributed by atoms with Crippen molar-refractivity contribution in [2.24, 2.45) is 0 Å². The maximum absolute atomic E-state index is 12.1. The van der Waals surface area contributed by atoms with E-state index in [4.69, 9.17) is 0 Å². The van der Waals surface area contributed by atoms with Crippen LogP contribution < -0.4 is 16.4 Å². The van der Waals surface area contributed by atoms with Crippen LogP contribution in [0, 0.1) is 6.92 Å². The Balaban J connectivity index is 1.69. The molecule has 3 rings (SSSR count).